The molecule has 3 aromatic rings. The Hall–Kier alpha value is -4.20. The highest BCUT2D eigenvalue weighted by molar-refractivity contribution is 6.06. The summed E-state index contributed by atoms with van der Waals surface area (Å²) in [6, 6.07) is 15.3. The van der Waals surface area contributed by atoms with E-state index in [-0.39, 0.29) is 17.2 Å². The molecule has 3 N–H and O–H groups in total. The lowest BCUT2D eigenvalue weighted by molar-refractivity contribution is -0.123. The van der Waals surface area contributed by atoms with Gasteiger partial charge < -0.3 is 15.4 Å². The minimum atomic E-state index is -0.801. The number of ether oxygens (including phenoxy) is 1. The average Bonchev–Trinajstić information content (AvgIpc) is 2.73. The number of fused-ring (bicyclic) bond motifs is 1. The van der Waals surface area contributed by atoms with E-state index in [1.807, 2.05) is 50.2 Å². The van der Waals surface area contributed by atoms with Gasteiger partial charge in [-0.25, -0.2) is 9.59 Å². The predicted octanol–water partition coefficient (Wildman–Crippen LogP) is 3.92. The topological polar surface area (TPSA) is 114 Å². The summed E-state index contributed by atoms with van der Waals surface area (Å²) in [5.74, 6) is -1.94. The predicted molar refractivity (Wildman–Crippen MR) is 122 cm³/mol. The normalized spacial score (nSPS) is 10.3. The van der Waals surface area contributed by atoms with Crippen LogP contribution in [0.1, 0.15) is 28.4 Å². The fraction of sp³-hybridized carbons (Fsp3) is 0.167. The smallest absolute Gasteiger partial charge is 0.340 e. The Bertz CT molecular complexity index is 1220. The van der Waals surface area contributed by atoms with E-state index in [1.165, 1.54) is 6.92 Å². The highest BCUT2D eigenvalue weighted by Gasteiger charge is 2.18. The van der Waals surface area contributed by atoms with E-state index in [4.69, 9.17) is 4.74 Å². The van der Waals surface area contributed by atoms with Gasteiger partial charge in [-0.1, -0.05) is 42.0 Å². The van der Waals surface area contributed by atoms with Gasteiger partial charge in [0.25, 0.3) is 5.91 Å². The number of nitrogens with one attached hydrogen (secondary N) is 3. The maximum Gasteiger partial charge on any atom is 0.340 e. The molecule has 8 heteroatoms. The molecular formula is C24H23N3O5. The van der Waals surface area contributed by atoms with Gasteiger partial charge in [0.2, 0.25) is 5.91 Å². The molecule has 0 aliphatic carbocycles. The van der Waals surface area contributed by atoms with Crippen LogP contribution in [0.15, 0.2) is 54.6 Å². The standard InChI is InChI=1S/C24H23N3O5/c1-14-8-9-20(15(2)10-14)26-24(31)27-22(29)13-32-23(30)19-11-17-6-4-5-7-18(17)12-21(19)25-16(3)28/h4-12H,13H2,1-3H3,(H,25,28)(H2,26,27,29,31). The SMILES string of the molecule is CC(=O)Nc1cc2ccccc2cc1C(=O)OCC(=O)NC(=O)Nc1ccc(C)cc1C. The maximum atomic E-state index is 12.6. The number of imide groups is 1. The summed E-state index contributed by atoms with van der Waals surface area (Å²) in [6.07, 6.45) is 0. The fourth-order valence-electron chi connectivity index (χ4n) is 3.18. The second kappa shape index (κ2) is 9.74. The lowest BCUT2D eigenvalue weighted by atomic mass is 10.0. The summed E-state index contributed by atoms with van der Waals surface area (Å²) in [6.45, 7) is 4.43. The van der Waals surface area contributed by atoms with Crippen LogP contribution in [0.25, 0.3) is 10.8 Å². The van der Waals surface area contributed by atoms with E-state index in [9.17, 15) is 19.2 Å². The van der Waals surface area contributed by atoms with Gasteiger partial charge in [-0.3, -0.25) is 14.9 Å². The van der Waals surface area contributed by atoms with Gasteiger partial charge in [0.15, 0.2) is 6.61 Å². The number of hydrogen-bond donors (Lipinski definition) is 3. The summed E-state index contributed by atoms with van der Waals surface area (Å²) < 4.78 is 5.07. The third-order valence-corrected chi connectivity index (χ3v) is 4.63. The van der Waals surface area contributed by atoms with Crippen LogP contribution >= 0.6 is 0 Å². The lowest BCUT2D eigenvalue weighted by Crippen LogP contribution is -2.37. The molecule has 3 rings (SSSR count). The fourth-order valence-corrected chi connectivity index (χ4v) is 3.18. The lowest BCUT2D eigenvalue weighted by Gasteiger charge is -2.12. The molecule has 32 heavy (non-hydrogen) atoms. The second-order valence-electron chi connectivity index (χ2n) is 7.32. The molecule has 0 aliphatic rings. The van der Waals surface area contributed by atoms with Crippen LogP contribution in [0, 0.1) is 13.8 Å². The summed E-state index contributed by atoms with van der Waals surface area (Å²) in [5.41, 5.74) is 2.83. The van der Waals surface area contributed by atoms with Gasteiger partial charge in [-0.05, 0) is 48.4 Å². The van der Waals surface area contributed by atoms with Gasteiger partial charge in [0, 0.05) is 12.6 Å². The average molecular weight is 433 g/mol. The highest BCUT2D eigenvalue weighted by atomic mass is 16.5. The minimum absolute atomic E-state index is 0.103. The van der Waals surface area contributed by atoms with Crippen LogP contribution in [0.5, 0.6) is 0 Å². The molecule has 0 atom stereocenters. The van der Waals surface area contributed by atoms with Crippen LogP contribution in [0.4, 0.5) is 16.2 Å². The summed E-state index contributed by atoms with van der Waals surface area (Å²) in [5, 5.41) is 8.89. The molecule has 0 bridgehead atoms. The minimum Gasteiger partial charge on any atom is -0.452 e. The Morgan fingerprint density at radius 1 is 0.844 bits per heavy atom. The Kier molecular flexibility index (Phi) is 6.84. The van der Waals surface area contributed by atoms with E-state index < -0.39 is 24.5 Å². The van der Waals surface area contributed by atoms with E-state index in [0.29, 0.717) is 5.69 Å². The second-order valence-corrected chi connectivity index (χ2v) is 7.32. The van der Waals surface area contributed by atoms with Crippen molar-refractivity contribution in [2.45, 2.75) is 20.8 Å². The van der Waals surface area contributed by atoms with E-state index >= 15 is 0 Å². The molecule has 0 aliphatic heterocycles. The number of benzene rings is 3. The van der Waals surface area contributed by atoms with E-state index in [0.717, 1.165) is 21.9 Å². The summed E-state index contributed by atoms with van der Waals surface area (Å²) in [7, 11) is 0. The molecule has 8 nitrogen and oxygen atoms in total. The number of amides is 4. The van der Waals surface area contributed by atoms with Crippen molar-refractivity contribution in [3.05, 3.63) is 71.3 Å². The molecule has 3 aromatic carbocycles. The number of carbonyl (C=O) groups is 4. The zero-order valence-corrected chi connectivity index (χ0v) is 17.9. The molecule has 0 saturated carbocycles. The van der Waals surface area contributed by atoms with Crippen LogP contribution in [-0.4, -0.2) is 30.4 Å². The maximum absolute atomic E-state index is 12.6. The third-order valence-electron chi connectivity index (χ3n) is 4.63. The molecular weight excluding hydrogens is 410 g/mol. The summed E-state index contributed by atoms with van der Waals surface area (Å²) in [4.78, 5) is 48.3. The first kappa shape index (κ1) is 22.5. The van der Waals surface area contributed by atoms with Gasteiger partial charge >= 0.3 is 12.0 Å². The number of esters is 1. The number of rotatable bonds is 5. The molecule has 0 fully saturated rings. The van der Waals surface area contributed by atoms with Crippen LogP contribution in [0.2, 0.25) is 0 Å². The van der Waals surface area contributed by atoms with Crippen molar-refractivity contribution in [3.8, 4) is 0 Å². The molecule has 164 valence electrons. The van der Waals surface area contributed by atoms with Gasteiger partial charge in [-0.2, -0.15) is 0 Å². The van der Waals surface area contributed by atoms with Crippen molar-refractivity contribution in [3.63, 3.8) is 0 Å². The Labute approximate surface area is 184 Å². The first-order valence-electron chi connectivity index (χ1n) is 9.88. The van der Waals surface area contributed by atoms with Crippen molar-refractivity contribution in [1.82, 2.24) is 5.32 Å². The van der Waals surface area contributed by atoms with Crippen LogP contribution in [0.3, 0.4) is 0 Å². The first-order valence-corrected chi connectivity index (χ1v) is 9.88. The molecule has 0 radical (unpaired) electrons. The van der Waals surface area contributed by atoms with Gasteiger partial charge in [-0.15, -0.1) is 0 Å². The van der Waals surface area contributed by atoms with E-state index in [2.05, 4.69) is 16.0 Å². The molecule has 4 amide bonds. The van der Waals surface area contributed by atoms with Gasteiger partial charge in [0.05, 0.1) is 11.3 Å². The highest BCUT2D eigenvalue weighted by Crippen LogP contribution is 2.25. The van der Waals surface area contributed by atoms with Crippen molar-refractivity contribution in [2.75, 3.05) is 17.2 Å². The van der Waals surface area contributed by atoms with Gasteiger partial charge in [0.1, 0.15) is 0 Å². The van der Waals surface area contributed by atoms with Crippen molar-refractivity contribution < 1.29 is 23.9 Å². The van der Waals surface area contributed by atoms with Crippen LogP contribution < -0.4 is 16.0 Å². The van der Waals surface area contributed by atoms with Crippen molar-refractivity contribution in [1.29, 1.82) is 0 Å². The molecule has 0 heterocycles. The molecule has 0 aromatic heterocycles. The Morgan fingerprint density at radius 2 is 1.53 bits per heavy atom. The van der Waals surface area contributed by atoms with Crippen molar-refractivity contribution in [2.24, 2.45) is 0 Å². The summed E-state index contributed by atoms with van der Waals surface area (Å²) >= 11 is 0. The third kappa shape index (κ3) is 5.69. The van der Waals surface area contributed by atoms with E-state index in [1.54, 1.807) is 18.2 Å². The monoisotopic (exact) mass is 433 g/mol. The largest absolute Gasteiger partial charge is 0.452 e. The number of aryl methyl sites for hydroxylation is 2. The molecule has 0 unspecified atom stereocenters. The van der Waals surface area contributed by atoms with Crippen LogP contribution in [-0.2, 0) is 14.3 Å². The Balaban J connectivity index is 1.64. The molecule has 0 saturated heterocycles. The number of carbonyl (C=O) groups excluding carboxylic acids is 4. The number of anilines is 2. The first-order chi connectivity index (χ1) is 15.2. The number of urea groups is 1. The number of hydrogen-bond acceptors (Lipinski definition) is 5. The zero-order chi connectivity index (χ0) is 23.3. The quantitative estimate of drug-likeness (QED) is 0.528. The Morgan fingerprint density at radius 3 is 2.19 bits per heavy atom. The zero-order valence-electron chi connectivity index (χ0n) is 17.9. The molecule has 0 spiro atoms. The van der Waals surface area contributed by atoms with Crippen molar-refractivity contribution >= 4 is 46.0 Å².